The first kappa shape index (κ1) is 22.4. The van der Waals surface area contributed by atoms with E-state index in [-0.39, 0.29) is 11.8 Å². The van der Waals surface area contributed by atoms with Gasteiger partial charge in [-0.15, -0.1) is 0 Å². The summed E-state index contributed by atoms with van der Waals surface area (Å²) in [5.74, 6) is 0.877. The summed E-state index contributed by atoms with van der Waals surface area (Å²) < 4.78 is 10.2. The molecule has 6 heteroatoms. The second kappa shape index (κ2) is 11.2. The first-order chi connectivity index (χ1) is 15.6. The van der Waals surface area contributed by atoms with E-state index >= 15 is 0 Å². The highest BCUT2D eigenvalue weighted by atomic mass is 16.5. The Bertz CT molecular complexity index is 1030. The molecule has 162 valence electrons. The average Bonchev–Trinajstić information content (AvgIpc) is 2.83. The van der Waals surface area contributed by atoms with Crippen molar-refractivity contribution in [3.63, 3.8) is 0 Å². The Morgan fingerprint density at radius 1 is 0.625 bits per heavy atom. The maximum Gasteiger partial charge on any atom is 0.248 e. The van der Waals surface area contributed by atoms with Crippen LogP contribution in [0.4, 0.5) is 11.4 Å². The van der Waals surface area contributed by atoms with E-state index in [0.717, 1.165) is 22.6 Å². The molecular weight excluding hydrogens is 404 g/mol. The van der Waals surface area contributed by atoms with Gasteiger partial charge in [0.25, 0.3) is 0 Å². The average molecular weight is 428 g/mol. The van der Waals surface area contributed by atoms with E-state index in [2.05, 4.69) is 10.6 Å². The number of hydrogen-bond donors (Lipinski definition) is 2. The zero-order valence-corrected chi connectivity index (χ0v) is 17.9. The fourth-order valence-corrected chi connectivity index (χ4v) is 2.82. The molecule has 3 aromatic carbocycles. The van der Waals surface area contributed by atoms with Crippen LogP contribution in [0.2, 0.25) is 0 Å². The van der Waals surface area contributed by atoms with E-state index in [9.17, 15) is 9.59 Å². The second-order valence-corrected chi connectivity index (χ2v) is 6.74. The van der Waals surface area contributed by atoms with Crippen molar-refractivity contribution in [3.8, 4) is 11.5 Å². The van der Waals surface area contributed by atoms with Crippen molar-refractivity contribution in [2.75, 3.05) is 24.9 Å². The van der Waals surface area contributed by atoms with Gasteiger partial charge in [-0.2, -0.15) is 0 Å². The van der Waals surface area contributed by atoms with Crippen LogP contribution in [-0.4, -0.2) is 26.0 Å². The number of rotatable bonds is 8. The monoisotopic (exact) mass is 428 g/mol. The van der Waals surface area contributed by atoms with Gasteiger partial charge < -0.3 is 20.1 Å². The molecule has 2 amide bonds. The Kier molecular flexibility index (Phi) is 7.81. The zero-order valence-electron chi connectivity index (χ0n) is 17.9. The Hall–Kier alpha value is -4.32. The highest BCUT2D eigenvalue weighted by Crippen LogP contribution is 2.21. The summed E-state index contributed by atoms with van der Waals surface area (Å²) in [5.41, 5.74) is 2.74. The van der Waals surface area contributed by atoms with Crippen LogP contribution in [0.25, 0.3) is 12.2 Å². The van der Waals surface area contributed by atoms with E-state index < -0.39 is 0 Å². The third-order valence-corrected chi connectivity index (χ3v) is 4.53. The highest BCUT2D eigenvalue weighted by molar-refractivity contribution is 6.07. The lowest BCUT2D eigenvalue weighted by molar-refractivity contribution is -0.112. The van der Waals surface area contributed by atoms with Crippen molar-refractivity contribution >= 4 is 35.3 Å². The number of para-hydroxylation sites is 2. The molecule has 0 aliphatic carbocycles. The molecule has 0 aromatic heterocycles. The Morgan fingerprint density at radius 2 is 1.00 bits per heavy atom. The number of amides is 2. The molecule has 0 spiro atoms. The predicted molar refractivity (Wildman–Crippen MR) is 128 cm³/mol. The molecule has 0 bridgehead atoms. The van der Waals surface area contributed by atoms with Crippen molar-refractivity contribution in [1.29, 1.82) is 0 Å². The SMILES string of the molecule is COc1ccc(C=CC(=O)Nc2ccccc2NC(=O)C=Cc2ccc(OC)cc2)cc1. The van der Waals surface area contributed by atoms with Crippen LogP contribution in [0.15, 0.2) is 84.9 Å². The van der Waals surface area contributed by atoms with E-state index in [1.165, 1.54) is 12.2 Å². The molecular formula is C26H24N2O4. The molecule has 6 nitrogen and oxygen atoms in total. The summed E-state index contributed by atoms with van der Waals surface area (Å²) in [5, 5.41) is 5.58. The number of ether oxygens (including phenoxy) is 2. The molecule has 0 fully saturated rings. The smallest absolute Gasteiger partial charge is 0.248 e. The van der Waals surface area contributed by atoms with Crippen molar-refractivity contribution in [1.82, 2.24) is 0 Å². The Labute approximate surface area is 187 Å². The van der Waals surface area contributed by atoms with Crippen LogP contribution in [0, 0.1) is 0 Å². The van der Waals surface area contributed by atoms with Crippen LogP contribution in [-0.2, 0) is 9.59 Å². The molecule has 0 saturated heterocycles. The molecule has 0 radical (unpaired) electrons. The minimum atomic E-state index is -0.309. The van der Waals surface area contributed by atoms with Gasteiger partial charge in [-0.25, -0.2) is 0 Å². The molecule has 3 aromatic rings. The quantitative estimate of drug-likeness (QED) is 0.495. The molecule has 0 aliphatic rings. The Morgan fingerprint density at radius 3 is 1.34 bits per heavy atom. The molecule has 2 N–H and O–H groups in total. The van der Waals surface area contributed by atoms with Gasteiger partial charge >= 0.3 is 0 Å². The summed E-state index contributed by atoms with van der Waals surface area (Å²) in [4.78, 5) is 24.7. The van der Waals surface area contributed by atoms with Gasteiger partial charge in [-0.1, -0.05) is 36.4 Å². The Balaban J connectivity index is 1.61. The van der Waals surface area contributed by atoms with Crippen LogP contribution in [0.3, 0.4) is 0 Å². The summed E-state index contributed by atoms with van der Waals surface area (Å²) in [6.07, 6.45) is 6.27. The normalized spacial score (nSPS) is 10.8. The maximum atomic E-state index is 12.4. The zero-order chi connectivity index (χ0) is 22.8. The number of carbonyl (C=O) groups excluding carboxylic acids is 2. The molecule has 0 aliphatic heterocycles. The van der Waals surface area contributed by atoms with E-state index in [1.54, 1.807) is 50.6 Å². The van der Waals surface area contributed by atoms with Gasteiger partial charge in [-0.05, 0) is 59.7 Å². The number of carbonyl (C=O) groups is 2. The standard InChI is InChI=1S/C26H24N2O4/c1-31-21-13-7-19(8-14-21)11-17-25(29)27-23-5-3-4-6-24(23)28-26(30)18-12-20-9-15-22(32-2)16-10-20/h3-18H,1-2H3,(H,27,29)(H,28,30). The van der Waals surface area contributed by atoms with E-state index in [1.807, 2.05) is 48.5 Å². The van der Waals surface area contributed by atoms with Crippen molar-refractivity contribution in [2.45, 2.75) is 0 Å². The second-order valence-electron chi connectivity index (χ2n) is 6.74. The highest BCUT2D eigenvalue weighted by Gasteiger charge is 2.06. The fourth-order valence-electron chi connectivity index (χ4n) is 2.82. The van der Waals surface area contributed by atoms with Crippen molar-refractivity contribution in [3.05, 3.63) is 96.1 Å². The number of anilines is 2. The van der Waals surface area contributed by atoms with Crippen LogP contribution < -0.4 is 20.1 Å². The molecule has 0 unspecified atom stereocenters. The lowest BCUT2D eigenvalue weighted by Crippen LogP contribution is -2.13. The minimum absolute atomic E-state index is 0.309. The third-order valence-electron chi connectivity index (χ3n) is 4.53. The van der Waals surface area contributed by atoms with Gasteiger partial charge in [0, 0.05) is 12.2 Å². The molecule has 0 atom stereocenters. The van der Waals surface area contributed by atoms with E-state index in [4.69, 9.17) is 9.47 Å². The predicted octanol–water partition coefficient (Wildman–Crippen LogP) is 5.01. The lowest BCUT2D eigenvalue weighted by Gasteiger charge is -2.10. The van der Waals surface area contributed by atoms with Gasteiger partial charge in [0.05, 0.1) is 25.6 Å². The van der Waals surface area contributed by atoms with Crippen LogP contribution in [0.1, 0.15) is 11.1 Å². The topological polar surface area (TPSA) is 76.7 Å². The largest absolute Gasteiger partial charge is 0.497 e. The molecule has 0 heterocycles. The van der Waals surface area contributed by atoms with Crippen LogP contribution in [0.5, 0.6) is 11.5 Å². The van der Waals surface area contributed by atoms with Gasteiger partial charge in [0.15, 0.2) is 0 Å². The van der Waals surface area contributed by atoms with Crippen LogP contribution >= 0.6 is 0 Å². The number of nitrogens with one attached hydrogen (secondary N) is 2. The molecule has 3 rings (SSSR count). The van der Waals surface area contributed by atoms with Gasteiger partial charge in [0.1, 0.15) is 11.5 Å². The first-order valence-electron chi connectivity index (χ1n) is 9.92. The van der Waals surface area contributed by atoms with E-state index in [0.29, 0.717) is 11.4 Å². The summed E-state index contributed by atoms with van der Waals surface area (Å²) in [6.45, 7) is 0. The fraction of sp³-hybridized carbons (Fsp3) is 0.0769. The number of benzene rings is 3. The minimum Gasteiger partial charge on any atom is -0.497 e. The lowest BCUT2D eigenvalue weighted by atomic mass is 10.2. The number of methoxy groups -OCH3 is 2. The van der Waals surface area contributed by atoms with Crippen molar-refractivity contribution < 1.29 is 19.1 Å². The maximum absolute atomic E-state index is 12.4. The summed E-state index contributed by atoms with van der Waals surface area (Å²) in [6, 6.07) is 21.7. The van der Waals surface area contributed by atoms with Crippen molar-refractivity contribution in [2.24, 2.45) is 0 Å². The summed E-state index contributed by atoms with van der Waals surface area (Å²) >= 11 is 0. The summed E-state index contributed by atoms with van der Waals surface area (Å²) in [7, 11) is 3.20. The first-order valence-corrected chi connectivity index (χ1v) is 9.92. The van der Waals surface area contributed by atoms with Gasteiger partial charge in [0.2, 0.25) is 11.8 Å². The molecule has 32 heavy (non-hydrogen) atoms. The molecule has 0 saturated carbocycles. The number of hydrogen-bond acceptors (Lipinski definition) is 4. The van der Waals surface area contributed by atoms with Gasteiger partial charge in [-0.3, -0.25) is 9.59 Å². The third kappa shape index (κ3) is 6.60.